The number of urea groups is 1. The Balaban J connectivity index is 1.43. The molecule has 2 fully saturated rings. The van der Waals surface area contributed by atoms with Crippen LogP contribution in [0.1, 0.15) is 32.1 Å². The summed E-state index contributed by atoms with van der Waals surface area (Å²) in [7, 11) is 0. The van der Waals surface area contributed by atoms with Crippen molar-refractivity contribution in [1.29, 1.82) is 0 Å². The summed E-state index contributed by atoms with van der Waals surface area (Å²) in [5, 5.41) is 5.08. The fourth-order valence-corrected chi connectivity index (χ4v) is 3.87. The summed E-state index contributed by atoms with van der Waals surface area (Å²) in [5.74, 6) is 1.36. The number of anilines is 1. The molecule has 1 aromatic carbocycles. The van der Waals surface area contributed by atoms with Crippen LogP contribution in [0.15, 0.2) is 30.3 Å². The molecule has 3 rings (SSSR count). The third-order valence-electron chi connectivity index (χ3n) is 5.03. The molecule has 3 amide bonds. The van der Waals surface area contributed by atoms with Gasteiger partial charge in [0.2, 0.25) is 5.91 Å². The van der Waals surface area contributed by atoms with E-state index in [-0.39, 0.29) is 5.91 Å². The highest BCUT2D eigenvalue weighted by molar-refractivity contribution is 6.01. The second kappa shape index (κ2) is 7.59. The standard InChI is InChI=1S/C18H25N3O2/c22-17(20-18(23)19-16-8-2-1-3-9-16)13-21-11-10-14-6-4-5-7-15(14)12-21/h1-3,8-9,14-15H,4-7,10-13H2,(H2,19,20,22,23)/t14-,15-/m1/s1. The number of hydrogen-bond donors (Lipinski definition) is 2. The topological polar surface area (TPSA) is 61.4 Å². The van der Waals surface area contributed by atoms with Crippen LogP contribution in [0, 0.1) is 11.8 Å². The Morgan fingerprint density at radius 1 is 1.04 bits per heavy atom. The van der Waals surface area contributed by atoms with Crippen molar-refractivity contribution < 1.29 is 9.59 Å². The van der Waals surface area contributed by atoms with Crippen molar-refractivity contribution in [3.63, 3.8) is 0 Å². The van der Waals surface area contributed by atoms with E-state index >= 15 is 0 Å². The van der Waals surface area contributed by atoms with Gasteiger partial charge in [-0.25, -0.2) is 4.79 Å². The SMILES string of the molecule is O=C(CN1CC[C@H]2CCCC[C@@H]2C1)NC(=O)Nc1ccccc1. The molecule has 1 aliphatic carbocycles. The first kappa shape index (κ1) is 16.0. The van der Waals surface area contributed by atoms with Crippen molar-refractivity contribution in [3.8, 4) is 0 Å². The summed E-state index contributed by atoms with van der Waals surface area (Å²) in [5.41, 5.74) is 0.681. The molecule has 1 aromatic rings. The van der Waals surface area contributed by atoms with E-state index in [9.17, 15) is 9.59 Å². The minimum atomic E-state index is -0.464. The molecule has 0 aromatic heterocycles. The summed E-state index contributed by atoms with van der Waals surface area (Å²) >= 11 is 0. The summed E-state index contributed by atoms with van der Waals surface area (Å²) in [6.45, 7) is 2.28. The van der Waals surface area contributed by atoms with Gasteiger partial charge in [-0.3, -0.25) is 15.0 Å². The molecular formula is C18H25N3O2. The van der Waals surface area contributed by atoms with Gasteiger partial charge in [0.25, 0.3) is 0 Å². The Kier molecular flexibility index (Phi) is 5.28. The Morgan fingerprint density at radius 2 is 1.78 bits per heavy atom. The lowest BCUT2D eigenvalue weighted by Gasteiger charge is -2.41. The maximum Gasteiger partial charge on any atom is 0.325 e. The van der Waals surface area contributed by atoms with Crippen molar-refractivity contribution in [3.05, 3.63) is 30.3 Å². The number of para-hydroxylation sites is 1. The molecule has 0 radical (unpaired) electrons. The smallest absolute Gasteiger partial charge is 0.308 e. The molecule has 1 heterocycles. The van der Waals surface area contributed by atoms with Crippen LogP contribution < -0.4 is 10.6 Å². The quantitative estimate of drug-likeness (QED) is 0.901. The second-order valence-corrected chi connectivity index (χ2v) is 6.70. The van der Waals surface area contributed by atoms with Gasteiger partial charge in [-0.15, -0.1) is 0 Å². The van der Waals surface area contributed by atoms with E-state index in [0.29, 0.717) is 12.2 Å². The normalized spacial score (nSPS) is 24.5. The highest BCUT2D eigenvalue weighted by Gasteiger charge is 2.31. The molecule has 5 heteroatoms. The minimum Gasteiger partial charge on any atom is -0.308 e. The van der Waals surface area contributed by atoms with Gasteiger partial charge in [0.1, 0.15) is 0 Å². The van der Waals surface area contributed by atoms with Gasteiger partial charge < -0.3 is 5.32 Å². The zero-order valence-corrected chi connectivity index (χ0v) is 13.5. The summed E-state index contributed by atoms with van der Waals surface area (Å²) in [6, 6.07) is 8.67. The number of imide groups is 1. The molecule has 0 spiro atoms. The van der Waals surface area contributed by atoms with E-state index < -0.39 is 6.03 Å². The molecule has 1 saturated heterocycles. The number of carbonyl (C=O) groups is 2. The van der Waals surface area contributed by atoms with Gasteiger partial charge in [0, 0.05) is 12.2 Å². The number of nitrogens with one attached hydrogen (secondary N) is 2. The number of fused-ring (bicyclic) bond motifs is 1. The maximum absolute atomic E-state index is 12.1. The average Bonchev–Trinajstić information content (AvgIpc) is 2.55. The molecule has 23 heavy (non-hydrogen) atoms. The summed E-state index contributed by atoms with van der Waals surface area (Å²) < 4.78 is 0. The van der Waals surface area contributed by atoms with Gasteiger partial charge >= 0.3 is 6.03 Å². The monoisotopic (exact) mass is 315 g/mol. The van der Waals surface area contributed by atoms with E-state index in [0.717, 1.165) is 24.9 Å². The number of amides is 3. The number of hydrogen-bond acceptors (Lipinski definition) is 3. The molecule has 124 valence electrons. The number of benzene rings is 1. The van der Waals surface area contributed by atoms with Crippen molar-refractivity contribution in [2.75, 3.05) is 25.0 Å². The number of rotatable bonds is 3. The largest absolute Gasteiger partial charge is 0.325 e. The van der Waals surface area contributed by atoms with Crippen LogP contribution in [0.5, 0.6) is 0 Å². The Hall–Kier alpha value is -1.88. The average molecular weight is 315 g/mol. The molecule has 2 N–H and O–H groups in total. The number of carbonyl (C=O) groups excluding carboxylic acids is 2. The van der Waals surface area contributed by atoms with Crippen molar-refractivity contribution in [2.45, 2.75) is 32.1 Å². The third kappa shape index (κ3) is 4.55. The van der Waals surface area contributed by atoms with Gasteiger partial charge in [-0.1, -0.05) is 37.5 Å². The summed E-state index contributed by atoms with van der Waals surface area (Å²) in [6.07, 6.45) is 6.51. The highest BCUT2D eigenvalue weighted by Crippen LogP contribution is 2.35. The van der Waals surface area contributed by atoms with Gasteiger partial charge in [-0.2, -0.15) is 0 Å². The predicted molar refractivity (Wildman–Crippen MR) is 90.1 cm³/mol. The Labute approximate surface area is 137 Å². The highest BCUT2D eigenvalue weighted by atomic mass is 16.2. The first-order chi connectivity index (χ1) is 11.2. The van der Waals surface area contributed by atoms with Crippen LogP contribution in [0.25, 0.3) is 0 Å². The molecule has 2 atom stereocenters. The fourth-order valence-electron chi connectivity index (χ4n) is 3.87. The molecule has 1 aliphatic heterocycles. The van der Waals surface area contributed by atoms with E-state index in [4.69, 9.17) is 0 Å². The lowest BCUT2D eigenvalue weighted by atomic mass is 9.75. The zero-order chi connectivity index (χ0) is 16.1. The summed E-state index contributed by atoms with van der Waals surface area (Å²) in [4.78, 5) is 26.1. The maximum atomic E-state index is 12.1. The first-order valence-corrected chi connectivity index (χ1v) is 8.59. The fraction of sp³-hybridized carbons (Fsp3) is 0.556. The van der Waals surface area contributed by atoms with Gasteiger partial charge in [0.05, 0.1) is 6.54 Å². The number of piperidine rings is 1. The molecule has 1 saturated carbocycles. The van der Waals surface area contributed by atoms with Crippen LogP contribution in [0.2, 0.25) is 0 Å². The lowest BCUT2D eigenvalue weighted by Crippen LogP contribution is -2.47. The molecule has 2 aliphatic rings. The minimum absolute atomic E-state index is 0.229. The Morgan fingerprint density at radius 3 is 2.57 bits per heavy atom. The second-order valence-electron chi connectivity index (χ2n) is 6.70. The van der Waals surface area contributed by atoms with E-state index in [1.807, 2.05) is 18.2 Å². The Bertz CT molecular complexity index is 546. The third-order valence-corrected chi connectivity index (χ3v) is 5.03. The van der Waals surface area contributed by atoms with Gasteiger partial charge in [-0.05, 0) is 43.4 Å². The number of likely N-dealkylation sites (tertiary alicyclic amines) is 1. The molecule has 0 bridgehead atoms. The molecule has 5 nitrogen and oxygen atoms in total. The van der Waals surface area contributed by atoms with Crippen LogP contribution >= 0.6 is 0 Å². The van der Waals surface area contributed by atoms with Crippen LogP contribution in [-0.4, -0.2) is 36.5 Å². The lowest BCUT2D eigenvalue weighted by molar-refractivity contribution is -0.121. The van der Waals surface area contributed by atoms with Crippen molar-refractivity contribution >= 4 is 17.6 Å². The van der Waals surface area contributed by atoms with Gasteiger partial charge in [0.15, 0.2) is 0 Å². The van der Waals surface area contributed by atoms with E-state index in [1.54, 1.807) is 12.1 Å². The first-order valence-electron chi connectivity index (χ1n) is 8.59. The van der Waals surface area contributed by atoms with E-state index in [2.05, 4.69) is 15.5 Å². The van der Waals surface area contributed by atoms with Crippen LogP contribution in [0.3, 0.4) is 0 Å². The van der Waals surface area contributed by atoms with Crippen LogP contribution in [0.4, 0.5) is 10.5 Å². The van der Waals surface area contributed by atoms with Crippen molar-refractivity contribution in [1.82, 2.24) is 10.2 Å². The number of nitrogens with zero attached hydrogens (tertiary/aromatic N) is 1. The molecule has 0 unspecified atom stereocenters. The van der Waals surface area contributed by atoms with Crippen LogP contribution in [-0.2, 0) is 4.79 Å². The van der Waals surface area contributed by atoms with E-state index in [1.165, 1.54) is 32.1 Å². The predicted octanol–water partition coefficient (Wildman–Crippen LogP) is 2.85. The van der Waals surface area contributed by atoms with Crippen molar-refractivity contribution in [2.24, 2.45) is 11.8 Å². The molecular weight excluding hydrogens is 290 g/mol. The zero-order valence-electron chi connectivity index (χ0n) is 13.5.